The van der Waals surface area contributed by atoms with Crippen LogP contribution in [0.3, 0.4) is 0 Å². The fourth-order valence-electron chi connectivity index (χ4n) is 2.96. The number of nitrogens with zero attached hydrogens (tertiary/aromatic N) is 1. The van der Waals surface area contributed by atoms with Gasteiger partial charge in [-0.05, 0) is 55.9 Å². The van der Waals surface area contributed by atoms with E-state index in [2.05, 4.69) is 34.8 Å². The average Bonchev–Trinajstić information content (AvgIpc) is 2.68. The minimum absolute atomic E-state index is 0.132. The number of amides is 1. The van der Waals surface area contributed by atoms with Crippen molar-refractivity contribution in [3.8, 4) is 0 Å². The Kier molecular flexibility index (Phi) is 11.2. The van der Waals surface area contributed by atoms with Gasteiger partial charge in [0.15, 0.2) is 5.96 Å². The minimum atomic E-state index is -4.42. The Morgan fingerprint density at radius 1 is 1.10 bits per heavy atom. The molecule has 0 spiro atoms. The highest BCUT2D eigenvalue weighted by atomic mass is 19.4. The van der Waals surface area contributed by atoms with Crippen LogP contribution in [-0.4, -0.2) is 49.8 Å². The van der Waals surface area contributed by atoms with Crippen LogP contribution in [0.4, 0.5) is 13.2 Å². The molecule has 0 aliphatic heterocycles. The molecule has 4 N–H and O–H groups in total. The van der Waals surface area contributed by atoms with Gasteiger partial charge in [0, 0.05) is 38.3 Å². The first-order valence-electron chi connectivity index (χ1n) is 10.3. The molecule has 1 rings (SSSR count). The van der Waals surface area contributed by atoms with Gasteiger partial charge in [-0.2, -0.15) is 13.2 Å². The number of aliphatic imine (C=N–C) groups is 1. The van der Waals surface area contributed by atoms with Gasteiger partial charge >= 0.3 is 6.18 Å². The molecule has 0 bridgehead atoms. The van der Waals surface area contributed by atoms with Crippen molar-refractivity contribution in [2.24, 2.45) is 16.8 Å². The predicted octanol–water partition coefficient (Wildman–Crippen LogP) is 3.04. The van der Waals surface area contributed by atoms with E-state index in [-0.39, 0.29) is 18.7 Å². The van der Waals surface area contributed by atoms with Crippen LogP contribution in [-0.2, 0) is 6.18 Å². The molecule has 1 aromatic rings. The fourth-order valence-corrected chi connectivity index (χ4v) is 2.96. The van der Waals surface area contributed by atoms with E-state index in [4.69, 9.17) is 0 Å². The predicted molar refractivity (Wildman–Crippen MR) is 112 cm³/mol. The van der Waals surface area contributed by atoms with E-state index in [0.29, 0.717) is 43.9 Å². The van der Waals surface area contributed by atoms with E-state index < -0.39 is 17.6 Å². The molecule has 0 aliphatic rings. The molecule has 0 saturated heterocycles. The van der Waals surface area contributed by atoms with E-state index in [0.717, 1.165) is 30.7 Å². The lowest BCUT2D eigenvalue weighted by Gasteiger charge is -2.17. The zero-order chi connectivity index (χ0) is 22.6. The van der Waals surface area contributed by atoms with Gasteiger partial charge in [-0.3, -0.25) is 9.79 Å². The summed E-state index contributed by atoms with van der Waals surface area (Å²) in [5, 5.41) is 18.1. The summed E-state index contributed by atoms with van der Waals surface area (Å²) >= 11 is 0. The lowest BCUT2D eigenvalue weighted by Crippen LogP contribution is -2.41. The molecule has 0 aliphatic carbocycles. The molecule has 9 heteroatoms. The van der Waals surface area contributed by atoms with Gasteiger partial charge in [-0.15, -0.1) is 0 Å². The number of alkyl halides is 3. The zero-order valence-electron chi connectivity index (χ0n) is 17.9. The third-order valence-electron chi connectivity index (χ3n) is 4.37. The standard InChI is InChI=1S/C21H33F3N4O2/c1-4-25-20(28-14-16(9-12-29)13-15(2)3)27-11-10-26-19(30)17-5-7-18(8-6-17)21(22,23)24/h5-8,15-16,29H,4,9-14H2,1-3H3,(H,26,30)(H2,25,27,28). The van der Waals surface area contributed by atoms with E-state index in [9.17, 15) is 23.1 Å². The Balaban J connectivity index is 2.50. The lowest BCUT2D eigenvalue weighted by atomic mass is 9.94. The van der Waals surface area contributed by atoms with Crippen molar-refractivity contribution in [2.45, 2.75) is 39.8 Å². The van der Waals surface area contributed by atoms with Crippen LogP contribution < -0.4 is 16.0 Å². The normalized spacial score (nSPS) is 13.3. The summed E-state index contributed by atoms with van der Waals surface area (Å²) in [6, 6.07) is 4.10. The molecule has 1 unspecified atom stereocenters. The average molecular weight is 431 g/mol. The second kappa shape index (κ2) is 13.1. The molecule has 1 amide bonds. The quantitative estimate of drug-likeness (QED) is 0.247. The Bertz CT molecular complexity index is 661. The summed E-state index contributed by atoms with van der Waals surface area (Å²) in [6.07, 6.45) is -2.75. The molecule has 30 heavy (non-hydrogen) atoms. The maximum Gasteiger partial charge on any atom is 0.416 e. The highest BCUT2D eigenvalue weighted by Crippen LogP contribution is 2.29. The molecule has 0 aromatic heterocycles. The van der Waals surface area contributed by atoms with Crippen molar-refractivity contribution in [3.63, 3.8) is 0 Å². The van der Waals surface area contributed by atoms with Gasteiger partial charge in [0.2, 0.25) is 0 Å². The summed E-state index contributed by atoms with van der Waals surface area (Å²) in [5.41, 5.74) is -0.617. The van der Waals surface area contributed by atoms with Crippen LogP contribution in [0.15, 0.2) is 29.3 Å². The first-order valence-corrected chi connectivity index (χ1v) is 10.3. The summed E-state index contributed by atoms with van der Waals surface area (Å²) in [4.78, 5) is 16.6. The summed E-state index contributed by atoms with van der Waals surface area (Å²) < 4.78 is 37.8. The van der Waals surface area contributed by atoms with Gasteiger partial charge in [0.05, 0.1) is 5.56 Å². The van der Waals surface area contributed by atoms with Gasteiger partial charge in [0.25, 0.3) is 5.91 Å². The Hall–Kier alpha value is -2.29. The number of hydrogen-bond acceptors (Lipinski definition) is 3. The van der Waals surface area contributed by atoms with E-state index in [1.165, 1.54) is 0 Å². The van der Waals surface area contributed by atoms with Crippen LogP contribution in [0.1, 0.15) is 49.5 Å². The van der Waals surface area contributed by atoms with E-state index in [1.54, 1.807) is 0 Å². The molecule has 0 heterocycles. The molecule has 6 nitrogen and oxygen atoms in total. The second-order valence-electron chi connectivity index (χ2n) is 7.49. The Morgan fingerprint density at radius 3 is 2.27 bits per heavy atom. The number of nitrogens with one attached hydrogen (secondary N) is 3. The second-order valence-corrected chi connectivity index (χ2v) is 7.49. The minimum Gasteiger partial charge on any atom is -0.396 e. The number of rotatable bonds is 11. The number of halogens is 3. The van der Waals surface area contributed by atoms with Crippen molar-refractivity contribution in [1.82, 2.24) is 16.0 Å². The van der Waals surface area contributed by atoms with Gasteiger partial charge in [-0.25, -0.2) is 0 Å². The van der Waals surface area contributed by atoms with Crippen molar-refractivity contribution in [3.05, 3.63) is 35.4 Å². The van der Waals surface area contributed by atoms with E-state index in [1.807, 2.05) is 6.92 Å². The number of carbonyl (C=O) groups excluding carboxylic acids is 1. The summed E-state index contributed by atoms with van der Waals surface area (Å²) in [5.74, 6) is 0.998. The van der Waals surface area contributed by atoms with Crippen molar-refractivity contribution in [1.29, 1.82) is 0 Å². The first-order chi connectivity index (χ1) is 14.2. The molecule has 170 valence electrons. The van der Waals surface area contributed by atoms with Gasteiger partial charge < -0.3 is 21.1 Å². The van der Waals surface area contributed by atoms with E-state index >= 15 is 0 Å². The van der Waals surface area contributed by atoms with Crippen LogP contribution in [0, 0.1) is 11.8 Å². The topological polar surface area (TPSA) is 85.8 Å². The third kappa shape index (κ3) is 9.96. The van der Waals surface area contributed by atoms with Crippen LogP contribution in [0.5, 0.6) is 0 Å². The Morgan fingerprint density at radius 2 is 1.73 bits per heavy atom. The van der Waals surface area contributed by atoms with Gasteiger partial charge in [-0.1, -0.05) is 13.8 Å². The summed E-state index contributed by atoms with van der Waals surface area (Å²) in [7, 11) is 0. The monoisotopic (exact) mass is 430 g/mol. The lowest BCUT2D eigenvalue weighted by molar-refractivity contribution is -0.137. The number of guanidine groups is 1. The molecular formula is C21H33F3N4O2. The molecule has 1 atom stereocenters. The number of aliphatic hydroxyl groups is 1. The van der Waals surface area contributed by atoms with Gasteiger partial charge in [0.1, 0.15) is 0 Å². The van der Waals surface area contributed by atoms with Crippen molar-refractivity contribution in [2.75, 3.05) is 32.8 Å². The molecule has 0 radical (unpaired) electrons. The third-order valence-corrected chi connectivity index (χ3v) is 4.37. The molecule has 0 saturated carbocycles. The SMILES string of the molecule is CCNC(=NCC(CCO)CC(C)C)NCCNC(=O)c1ccc(C(F)(F)F)cc1. The fraction of sp³-hybridized carbons (Fsp3) is 0.619. The smallest absolute Gasteiger partial charge is 0.396 e. The van der Waals surface area contributed by atoms with Crippen molar-refractivity contribution >= 4 is 11.9 Å². The largest absolute Gasteiger partial charge is 0.416 e. The van der Waals surface area contributed by atoms with Crippen LogP contribution in [0.25, 0.3) is 0 Å². The Labute approximate surface area is 176 Å². The first kappa shape index (κ1) is 25.7. The number of benzene rings is 1. The maximum atomic E-state index is 12.6. The highest BCUT2D eigenvalue weighted by Gasteiger charge is 2.30. The number of aliphatic hydroxyl groups excluding tert-OH is 1. The molecule has 0 fully saturated rings. The maximum absolute atomic E-state index is 12.6. The molecule has 1 aromatic carbocycles. The highest BCUT2D eigenvalue weighted by molar-refractivity contribution is 5.94. The number of hydrogen-bond donors (Lipinski definition) is 4. The zero-order valence-corrected chi connectivity index (χ0v) is 17.9. The molecular weight excluding hydrogens is 397 g/mol. The number of carbonyl (C=O) groups is 1. The van der Waals surface area contributed by atoms with Crippen LogP contribution in [0.2, 0.25) is 0 Å². The van der Waals surface area contributed by atoms with Crippen LogP contribution >= 0.6 is 0 Å². The van der Waals surface area contributed by atoms with Crippen molar-refractivity contribution < 1.29 is 23.1 Å². The summed E-state index contributed by atoms with van der Waals surface area (Å²) in [6.45, 7) is 8.32.